The first-order chi connectivity index (χ1) is 16.4. The normalized spacial score (nSPS) is 18.0. The zero-order valence-electron chi connectivity index (χ0n) is 19.8. The van der Waals surface area contributed by atoms with Crippen molar-refractivity contribution in [1.82, 2.24) is 14.9 Å². The maximum Gasteiger partial charge on any atom is 0.328 e. The number of ether oxygens (including phenoxy) is 2. The van der Waals surface area contributed by atoms with E-state index in [1.807, 2.05) is 12.1 Å². The molecule has 3 aromatic rings. The molecule has 4 rings (SSSR count). The molecule has 0 bridgehead atoms. The van der Waals surface area contributed by atoms with E-state index < -0.39 is 5.69 Å². The van der Waals surface area contributed by atoms with Crippen LogP contribution in [-0.4, -0.2) is 35.7 Å². The second kappa shape index (κ2) is 10.2. The van der Waals surface area contributed by atoms with Crippen molar-refractivity contribution in [1.29, 1.82) is 0 Å². The molecule has 1 amide bonds. The Hall–Kier alpha value is -3.55. The fourth-order valence-electron chi connectivity index (χ4n) is 4.66. The molecular weight excluding hydrogens is 434 g/mol. The van der Waals surface area contributed by atoms with Crippen molar-refractivity contribution < 1.29 is 14.3 Å². The summed E-state index contributed by atoms with van der Waals surface area (Å²) in [6, 6.07) is 10.5. The SMILES string of the molecule is COc1ccc(CCn2c(=O)[nH]c3cc(C(=O)NC4CCCCC4C)ccc3c2=O)cc1OC. The van der Waals surface area contributed by atoms with E-state index in [1.54, 1.807) is 38.5 Å². The second-order valence-electron chi connectivity index (χ2n) is 8.93. The van der Waals surface area contributed by atoms with Gasteiger partial charge < -0.3 is 19.8 Å². The van der Waals surface area contributed by atoms with Crippen LogP contribution in [0, 0.1) is 5.92 Å². The highest BCUT2D eigenvalue weighted by atomic mass is 16.5. The first-order valence-electron chi connectivity index (χ1n) is 11.7. The average Bonchev–Trinajstić information content (AvgIpc) is 2.84. The Morgan fingerprint density at radius 2 is 1.82 bits per heavy atom. The van der Waals surface area contributed by atoms with Crippen molar-refractivity contribution in [2.24, 2.45) is 5.92 Å². The van der Waals surface area contributed by atoms with Gasteiger partial charge in [0.25, 0.3) is 11.5 Å². The molecule has 0 aliphatic heterocycles. The minimum Gasteiger partial charge on any atom is -0.493 e. The summed E-state index contributed by atoms with van der Waals surface area (Å²) in [7, 11) is 3.13. The Morgan fingerprint density at radius 1 is 1.06 bits per heavy atom. The van der Waals surface area contributed by atoms with E-state index in [0.717, 1.165) is 24.8 Å². The average molecular weight is 466 g/mol. The van der Waals surface area contributed by atoms with Crippen molar-refractivity contribution in [3.8, 4) is 11.5 Å². The highest BCUT2D eigenvalue weighted by molar-refractivity contribution is 5.97. The van der Waals surface area contributed by atoms with E-state index in [-0.39, 0.29) is 24.1 Å². The van der Waals surface area contributed by atoms with Crippen LogP contribution in [0.25, 0.3) is 10.9 Å². The number of rotatable bonds is 7. The zero-order valence-corrected chi connectivity index (χ0v) is 19.8. The Kier molecular flexibility index (Phi) is 7.05. The largest absolute Gasteiger partial charge is 0.493 e. The number of hydrogen-bond donors (Lipinski definition) is 2. The molecule has 2 atom stereocenters. The highest BCUT2D eigenvalue weighted by Gasteiger charge is 2.23. The van der Waals surface area contributed by atoms with Gasteiger partial charge >= 0.3 is 5.69 Å². The van der Waals surface area contributed by atoms with Gasteiger partial charge in [-0.3, -0.25) is 14.2 Å². The molecule has 1 aromatic heterocycles. The molecule has 0 saturated heterocycles. The number of methoxy groups -OCH3 is 2. The third-order valence-corrected chi connectivity index (χ3v) is 6.74. The smallest absolute Gasteiger partial charge is 0.328 e. The van der Waals surface area contributed by atoms with Crippen LogP contribution in [0.1, 0.15) is 48.5 Å². The molecule has 8 nitrogen and oxygen atoms in total. The monoisotopic (exact) mass is 465 g/mol. The number of carbonyl (C=O) groups is 1. The van der Waals surface area contributed by atoms with Crippen LogP contribution in [0.4, 0.5) is 0 Å². The van der Waals surface area contributed by atoms with E-state index >= 15 is 0 Å². The first-order valence-corrected chi connectivity index (χ1v) is 11.7. The van der Waals surface area contributed by atoms with Crippen molar-refractivity contribution in [3.05, 3.63) is 68.4 Å². The number of carbonyl (C=O) groups excluding carboxylic acids is 1. The highest BCUT2D eigenvalue weighted by Crippen LogP contribution is 2.28. The van der Waals surface area contributed by atoms with Crippen LogP contribution >= 0.6 is 0 Å². The predicted octanol–water partition coefficient (Wildman–Crippen LogP) is 3.26. The number of nitrogens with zero attached hydrogens (tertiary/aromatic N) is 1. The number of amides is 1. The summed E-state index contributed by atoms with van der Waals surface area (Å²) in [4.78, 5) is 41.3. The molecule has 0 spiro atoms. The number of aromatic amines is 1. The van der Waals surface area contributed by atoms with Gasteiger partial charge in [-0.2, -0.15) is 0 Å². The number of H-pyrrole nitrogens is 1. The van der Waals surface area contributed by atoms with Gasteiger partial charge in [0, 0.05) is 18.2 Å². The third kappa shape index (κ3) is 4.85. The standard InChI is InChI=1S/C26H31N3O5/c1-16-6-4-5-7-20(16)27-24(30)18-9-10-19-21(15-18)28-26(32)29(25(19)31)13-12-17-8-11-22(33-2)23(14-17)34-3/h8-11,14-16,20H,4-7,12-13H2,1-3H3,(H,27,30)(H,28,32). The van der Waals surface area contributed by atoms with E-state index in [2.05, 4.69) is 17.2 Å². The molecule has 1 aliphatic carbocycles. The minimum absolute atomic E-state index is 0.153. The van der Waals surface area contributed by atoms with Crippen LogP contribution < -0.4 is 26.0 Å². The van der Waals surface area contributed by atoms with Gasteiger partial charge in [-0.25, -0.2) is 4.79 Å². The van der Waals surface area contributed by atoms with Crippen molar-refractivity contribution in [2.75, 3.05) is 14.2 Å². The summed E-state index contributed by atoms with van der Waals surface area (Å²) in [6.07, 6.45) is 4.86. The molecule has 1 fully saturated rings. The number of benzene rings is 2. The number of hydrogen-bond acceptors (Lipinski definition) is 5. The fourth-order valence-corrected chi connectivity index (χ4v) is 4.66. The van der Waals surface area contributed by atoms with Crippen LogP contribution in [0.2, 0.25) is 0 Å². The Bertz CT molecular complexity index is 1310. The van der Waals surface area contributed by atoms with Gasteiger partial charge in [0.05, 0.1) is 25.1 Å². The van der Waals surface area contributed by atoms with Crippen molar-refractivity contribution in [3.63, 3.8) is 0 Å². The van der Waals surface area contributed by atoms with Gasteiger partial charge in [-0.1, -0.05) is 25.8 Å². The molecular formula is C26H31N3O5. The predicted molar refractivity (Wildman–Crippen MR) is 131 cm³/mol. The molecule has 2 N–H and O–H groups in total. The van der Waals surface area contributed by atoms with E-state index in [9.17, 15) is 14.4 Å². The molecule has 34 heavy (non-hydrogen) atoms. The lowest BCUT2D eigenvalue weighted by Crippen LogP contribution is -2.41. The summed E-state index contributed by atoms with van der Waals surface area (Å²) in [5, 5.41) is 3.48. The van der Waals surface area contributed by atoms with Crippen LogP contribution in [0.5, 0.6) is 11.5 Å². The molecule has 0 radical (unpaired) electrons. The van der Waals surface area contributed by atoms with Crippen molar-refractivity contribution >= 4 is 16.8 Å². The van der Waals surface area contributed by atoms with Gasteiger partial charge in [0.2, 0.25) is 0 Å². The number of fused-ring (bicyclic) bond motifs is 1. The molecule has 1 heterocycles. The molecule has 1 aliphatic rings. The molecule has 8 heteroatoms. The summed E-state index contributed by atoms with van der Waals surface area (Å²) < 4.78 is 11.8. The third-order valence-electron chi connectivity index (χ3n) is 6.74. The van der Waals surface area contributed by atoms with Gasteiger partial charge in [0.15, 0.2) is 11.5 Å². The maximum absolute atomic E-state index is 13.0. The number of aromatic nitrogens is 2. The van der Waals surface area contributed by atoms with Gasteiger partial charge in [-0.15, -0.1) is 0 Å². The molecule has 1 saturated carbocycles. The molecule has 2 aromatic carbocycles. The summed E-state index contributed by atoms with van der Waals surface area (Å²) in [6.45, 7) is 2.37. The van der Waals surface area contributed by atoms with Crippen molar-refractivity contribution in [2.45, 2.75) is 51.6 Å². The Morgan fingerprint density at radius 3 is 2.56 bits per heavy atom. The Labute approximate surface area is 197 Å². The van der Waals surface area contributed by atoms with E-state index in [1.165, 1.54) is 11.0 Å². The molecule has 180 valence electrons. The quantitative estimate of drug-likeness (QED) is 0.558. The van der Waals surface area contributed by atoms with Crippen LogP contribution in [-0.2, 0) is 13.0 Å². The summed E-state index contributed by atoms with van der Waals surface area (Å²) >= 11 is 0. The Balaban J connectivity index is 1.54. The first kappa shape index (κ1) is 23.6. The van der Waals surface area contributed by atoms with E-state index in [4.69, 9.17) is 9.47 Å². The number of nitrogens with one attached hydrogen (secondary N) is 2. The second-order valence-corrected chi connectivity index (χ2v) is 8.93. The fraction of sp³-hybridized carbons (Fsp3) is 0.423. The molecule has 2 unspecified atom stereocenters. The maximum atomic E-state index is 13.0. The van der Waals surface area contributed by atoms with Crippen LogP contribution in [0.3, 0.4) is 0 Å². The minimum atomic E-state index is -0.503. The van der Waals surface area contributed by atoms with E-state index in [0.29, 0.717) is 40.3 Å². The van der Waals surface area contributed by atoms with Crippen LogP contribution in [0.15, 0.2) is 46.0 Å². The zero-order chi connectivity index (χ0) is 24.2. The lowest BCUT2D eigenvalue weighted by atomic mass is 9.86. The van der Waals surface area contributed by atoms with Gasteiger partial charge in [-0.05, 0) is 61.1 Å². The summed E-state index contributed by atoms with van der Waals surface area (Å²) in [5.74, 6) is 1.47. The lowest BCUT2D eigenvalue weighted by molar-refractivity contribution is 0.0910. The van der Waals surface area contributed by atoms with Gasteiger partial charge in [0.1, 0.15) is 0 Å². The lowest BCUT2D eigenvalue weighted by Gasteiger charge is -2.29. The summed E-state index contributed by atoms with van der Waals surface area (Å²) in [5.41, 5.74) is 0.821. The topological polar surface area (TPSA) is 102 Å². The number of aryl methyl sites for hydroxylation is 1.